The molecule has 1 unspecified atom stereocenters. The number of rotatable bonds is 0. The van der Waals surface area contributed by atoms with Crippen LogP contribution in [0.3, 0.4) is 0 Å². The van der Waals surface area contributed by atoms with E-state index in [0.717, 1.165) is 30.4 Å². The number of hydrogen-bond donors (Lipinski definition) is 1. The van der Waals surface area contributed by atoms with Crippen LogP contribution in [0.1, 0.15) is 35.6 Å². The van der Waals surface area contributed by atoms with Gasteiger partial charge in [0.1, 0.15) is 5.82 Å². The van der Waals surface area contributed by atoms with Gasteiger partial charge in [0.2, 0.25) is 0 Å². The molecule has 1 aliphatic rings. The van der Waals surface area contributed by atoms with E-state index in [1.807, 2.05) is 6.07 Å². The van der Waals surface area contributed by atoms with Crippen LogP contribution in [0, 0.1) is 17.1 Å². The van der Waals surface area contributed by atoms with Gasteiger partial charge in [-0.2, -0.15) is 5.26 Å². The maximum atomic E-state index is 13.1. The minimum absolute atomic E-state index is 0.103. The minimum Gasteiger partial charge on any atom is -0.324 e. The molecule has 0 heterocycles. The summed E-state index contributed by atoms with van der Waals surface area (Å²) in [6, 6.07) is 4.67. The SMILES string of the molecule is N#Cc1cc(F)cc2c1C(N)CCC2. The van der Waals surface area contributed by atoms with Crippen molar-refractivity contribution in [2.75, 3.05) is 0 Å². The van der Waals surface area contributed by atoms with Gasteiger partial charge in [-0.15, -0.1) is 0 Å². The molecule has 3 heteroatoms. The van der Waals surface area contributed by atoms with Crippen LogP contribution in [0.25, 0.3) is 0 Å². The number of hydrogen-bond acceptors (Lipinski definition) is 2. The maximum absolute atomic E-state index is 13.1. The molecule has 0 saturated carbocycles. The third kappa shape index (κ3) is 1.38. The molecular formula is C11H11FN2. The van der Waals surface area contributed by atoms with Gasteiger partial charge in [0, 0.05) is 6.04 Å². The average Bonchev–Trinajstić information content (AvgIpc) is 2.16. The van der Waals surface area contributed by atoms with Crippen LogP contribution in [-0.4, -0.2) is 0 Å². The molecule has 1 atom stereocenters. The van der Waals surface area contributed by atoms with Gasteiger partial charge in [-0.3, -0.25) is 0 Å². The molecule has 0 radical (unpaired) electrons. The van der Waals surface area contributed by atoms with Gasteiger partial charge < -0.3 is 5.73 Å². The molecule has 1 aromatic carbocycles. The van der Waals surface area contributed by atoms with E-state index in [1.165, 1.54) is 12.1 Å². The predicted octanol–water partition coefficient (Wildman–Crippen LogP) is 2.03. The fourth-order valence-electron chi connectivity index (χ4n) is 2.07. The van der Waals surface area contributed by atoms with Gasteiger partial charge in [-0.1, -0.05) is 0 Å². The average molecular weight is 190 g/mol. The Morgan fingerprint density at radius 1 is 1.50 bits per heavy atom. The summed E-state index contributed by atoms with van der Waals surface area (Å²) in [5.41, 5.74) is 8.05. The first-order chi connectivity index (χ1) is 6.72. The van der Waals surface area contributed by atoms with Crippen molar-refractivity contribution in [3.8, 4) is 6.07 Å². The molecule has 0 bridgehead atoms. The highest BCUT2D eigenvalue weighted by Gasteiger charge is 2.21. The first-order valence-corrected chi connectivity index (χ1v) is 4.70. The summed E-state index contributed by atoms with van der Waals surface area (Å²) < 4.78 is 13.1. The molecule has 1 aromatic rings. The Bertz CT molecular complexity index is 406. The molecule has 0 spiro atoms. The first-order valence-electron chi connectivity index (χ1n) is 4.70. The second kappa shape index (κ2) is 3.39. The molecule has 2 N–H and O–H groups in total. The Kier molecular flexibility index (Phi) is 2.22. The lowest BCUT2D eigenvalue weighted by Crippen LogP contribution is -2.19. The monoisotopic (exact) mass is 190 g/mol. The van der Waals surface area contributed by atoms with Gasteiger partial charge in [-0.25, -0.2) is 4.39 Å². The van der Waals surface area contributed by atoms with Crippen molar-refractivity contribution in [3.05, 3.63) is 34.6 Å². The zero-order valence-corrected chi connectivity index (χ0v) is 7.76. The molecule has 14 heavy (non-hydrogen) atoms. The molecule has 72 valence electrons. The summed E-state index contributed by atoms with van der Waals surface area (Å²) in [4.78, 5) is 0. The molecule has 0 aromatic heterocycles. The fraction of sp³-hybridized carbons (Fsp3) is 0.364. The fourth-order valence-corrected chi connectivity index (χ4v) is 2.07. The van der Waals surface area contributed by atoms with Gasteiger partial charge >= 0.3 is 0 Å². The van der Waals surface area contributed by atoms with Crippen molar-refractivity contribution in [2.45, 2.75) is 25.3 Å². The standard InChI is InChI=1S/C11H11FN2/c12-9-4-7-2-1-3-10(14)11(7)8(5-9)6-13/h4-5,10H,1-3,14H2. The topological polar surface area (TPSA) is 49.8 Å². The number of aryl methyl sites for hydroxylation is 1. The van der Waals surface area contributed by atoms with E-state index in [4.69, 9.17) is 11.0 Å². The summed E-state index contributed by atoms with van der Waals surface area (Å²) >= 11 is 0. The largest absolute Gasteiger partial charge is 0.324 e. The van der Waals surface area contributed by atoms with Gasteiger partial charge in [0.05, 0.1) is 11.6 Å². The minimum atomic E-state index is -0.339. The first kappa shape index (κ1) is 9.17. The summed E-state index contributed by atoms with van der Waals surface area (Å²) in [5, 5.41) is 8.86. The van der Waals surface area contributed by atoms with Crippen LogP contribution in [0.2, 0.25) is 0 Å². The molecule has 2 nitrogen and oxygen atoms in total. The number of benzene rings is 1. The number of halogens is 1. The van der Waals surface area contributed by atoms with Crippen molar-refractivity contribution in [3.63, 3.8) is 0 Å². The third-order valence-corrected chi connectivity index (χ3v) is 2.68. The van der Waals surface area contributed by atoms with Gasteiger partial charge in [0.25, 0.3) is 0 Å². The van der Waals surface area contributed by atoms with Crippen molar-refractivity contribution in [1.82, 2.24) is 0 Å². The van der Waals surface area contributed by atoms with Crippen molar-refractivity contribution in [1.29, 1.82) is 5.26 Å². The second-order valence-corrected chi connectivity index (χ2v) is 3.64. The van der Waals surface area contributed by atoms with E-state index in [0.29, 0.717) is 5.56 Å². The normalized spacial score (nSPS) is 19.9. The summed E-state index contributed by atoms with van der Waals surface area (Å²) in [6.07, 6.45) is 2.69. The van der Waals surface area contributed by atoms with Crippen LogP contribution in [0.5, 0.6) is 0 Å². The quantitative estimate of drug-likeness (QED) is 0.680. The van der Waals surface area contributed by atoms with E-state index in [2.05, 4.69) is 0 Å². The van der Waals surface area contributed by atoms with E-state index in [1.54, 1.807) is 0 Å². The molecule has 0 aliphatic heterocycles. The Balaban J connectivity index is 2.63. The molecule has 0 saturated heterocycles. The zero-order chi connectivity index (χ0) is 10.1. The van der Waals surface area contributed by atoms with Gasteiger partial charge in [-0.05, 0) is 42.5 Å². The zero-order valence-electron chi connectivity index (χ0n) is 7.76. The van der Waals surface area contributed by atoms with Crippen LogP contribution in [0.4, 0.5) is 4.39 Å². The van der Waals surface area contributed by atoms with Crippen LogP contribution < -0.4 is 5.73 Å². The molecule has 0 amide bonds. The lowest BCUT2D eigenvalue weighted by molar-refractivity contribution is 0.558. The van der Waals surface area contributed by atoms with E-state index < -0.39 is 0 Å². The molecule has 1 aliphatic carbocycles. The van der Waals surface area contributed by atoms with E-state index >= 15 is 0 Å². The van der Waals surface area contributed by atoms with Gasteiger partial charge in [0.15, 0.2) is 0 Å². The summed E-state index contributed by atoms with van der Waals surface area (Å²) in [7, 11) is 0. The van der Waals surface area contributed by atoms with E-state index in [-0.39, 0.29) is 11.9 Å². The molecular weight excluding hydrogens is 179 g/mol. The lowest BCUT2D eigenvalue weighted by Gasteiger charge is -2.23. The van der Waals surface area contributed by atoms with E-state index in [9.17, 15) is 4.39 Å². The Morgan fingerprint density at radius 3 is 3.00 bits per heavy atom. The number of nitrogens with zero attached hydrogens (tertiary/aromatic N) is 1. The number of fused-ring (bicyclic) bond motifs is 1. The highest BCUT2D eigenvalue weighted by atomic mass is 19.1. The summed E-state index contributed by atoms with van der Waals surface area (Å²) in [6.45, 7) is 0. The Labute approximate surface area is 82.1 Å². The smallest absolute Gasteiger partial charge is 0.124 e. The summed E-state index contributed by atoms with van der Waals surface area (Å²) in [5.74, 6) is -0.339. The lowest BCUT2D eigenvalue weighted by atomic mass is 9.85. The highest BCUT2D eigenvalue weighted by Crippen LogP contribution is 2.31. The molecule has 2 rings (SSSR count). The highest BCUT2D eigenvalue weighted by molar-refractivity contribution is 5.46. The van der Waals surface area contributed by atoms with Crippen molar-refractivity contribution in [2.24, 2.45) is 5.73 Å². The van der Waals surface area contributed by atoms with Crippen LogP contribution in [-0.2, 0) is 6.42 Å². The number of nitriles is 1. The molecule has 0 fully saturated rings. The van der Waals surface area contributed by atoms with Crippen molar-refractivity contribution >= 4 is 0 Å². The Morgan fingerprint density at radius 2 is 2.29 bits per heavy atom. The van der Waals surface area contributed by atoms with Crippen LogP contribution in [0.15, 0.2) is 12.1 Å². The van der Waals surface area contributed by atoms with Crippen molar-refractivity contribution < 1.29 is 4.39 Å². The predicted molar refractivity (Wildman–Crippen MR) is 51.0 cm³/mol. The number of nitrogens with two attached hydrogens (primary N) is 1. The Hall–Kier alpha value is -1.40. The third-order valence-electron chi connectivity index (χ3n) is 2.68. The second-order valence-electron chi connectivity index (χ2n) is 3.64. The maximum Gasteiger partial charge on any atom is 0.124 e. The van der Waals surface area contributed by atoms with Crippen LogP contribution >= 0.6 is 0 Å².